The average Bonchev–Trinajstić information content (AvgIpc) is 3.67. The minimum atomic E-state index is -4.68. The normalized spacial score (nSPS) is 13.8. The number of nitrogens with one attached hydrogen (secondary N) is 1. The maximum absolute atomic E-state index is 12.9. The second kappa shape index (κ2) is 40.4. The van der Waals surface area contributed by atoms with E-state index in [1.165, 1.54) is 178 Å². The van der Waals surface area contributed by atoms with E-state index >= 15 is 0 Å². The minimum Gasteiger partial charge on any atom is -0.462 e. The van der Waals surface area contributed by atoms with Gasteiger partial charge in [-0.25, -0.2) is 9.46 Å². The number of carbonyl (C=O) groups is 5. The predicted molar refractivity (Wildman–Crippen MR) is 271 cm³/mol. The monoisotopic (exact) mass is 975 g/mol. The summed E-state index contributed by atoms with van der Waals surface area (Å²) in [5.74, 6) is -2.54. The van der Waals surface area contributed by atoms with E-state index in [4.69, 9.17) is 18.5 Å². The highest BCUT2D eigenvalue weighted by atomic mass is 31.2. The Morgan fingerprint density at radius 2 is 0.985 bits per heavy atom. The van der Waals surface area contributed by atoms with Crippen LogP contribution in [0.5, 0.6) is 0 Å². The summed E-state index contributed by atoms with van der Waals surface area (Å²) in [7, 11) is -4.68. The van der Waals surface area contributed by atoms with Crippen molar-refractivity contribution < 1.29 is 52.0 Å². The average molecular weight is 975 g/mol. The van der Waals surface area contributed by atoms with Crippen LogP contribution in [0.2, 0.25) is 0 Å². The van der Waals surface area contributed by atoms with Gasteiger partial charge in [0.1, 0.15) is 6.61 Å². The van der Waals surface area contributed by atoms with Crippen LogP contribution in [0, 0.1) is 0 Å². The quantitative estimate of drug-likeness (QED) is 0.0275. The number of unbranched alkanes of at least 4 members (excludes halogenated alkanes) is 30. The molecule has 0 aromatic heterocycles. The molecule has 1 aliphatic heterocycles. The Morgan fingerprint density at radius 3 is 1.43 bits per heavy atom. The molecule has 0 fully saturated rings. The van der Waals surface area contributed by atoms with E-state index in [1.54, 1.807) is 0 Å². The molecule has 1 aromatic carbocycles. The van der Waals surface area contributed by atoms with E-state index in [-0.39, 0.29) is 37.2 Å². The van der Waals surface area contributed by atoms with E-state index in [0.717, 1.165) is 55.6 Å². The standard InChI is InChI=1S/C54H91N2O11P/c1-3-5-7-9-11-13-15-17-19-21-23-25-27-29-31-33-38-52(59)64-45-49(67-53(60)39-34-32-30-28-26-24-22-20-18-16-14-12-10-8-6-4-2)46-66-68(62,63)65-43-42-55-54(61)47-36-35-37-48(44-47)56-50(57)40-41-51(56)58/h35-37,40-41,44,49H,3-34,38-39,42-43,45-46H2,1-2H3,(H,55,61)(H,62,63). The smallest absolute Gasteiger partial charge is 0.462 e. The number of carbonyl (C=O) groups excluding carboxylic acids is 5. The van der Waals surface area contributed by atoms with Crippen LogP contribution in [0.3, 0.4) is 0 Å². The predicted octanol–water partition coefficient (Wildman–Crippen LogP) is 13.7. The first-order valence-corrected chi connectivity index (χ1v) is 28.5. The van der Waals surface area contributed by atoms with Crippen LogP contribution in [-0.2, 0) is 42.3 Å². The van der Waals surface area contributed by atoms with Gasteiger partial charge in [-0.15, -0.1) is 0 Å². The fraction of sp³-hybridized carbons (Fsp3) is 0.759. The molecule has 0 saturated heterocycles. The first-order chi connectivity index (χ1) is 33.1. The topological polar surface area (TPSA) is 175 Å². The highest BCUT2D eigenvalue weighted by molar-refractivity contribution is 7.47. The second-order valence-electron chi connectivity index (χ2n) is 18.7. The van der Waals surface area contributed by atoms with Gasteiger partial charge in [-0.1, -0.05) is 213 Å². The van der Waals surface area contributed by atoms with Gasteiger partial charge in [-0.05, 0) is 31.0 Å². The van der Waals surface area contributed by atoms with Crippen molar-refractivity contribution in [1.29, 1.82) is 0 Å². The van der Waals surface area contributed by atoms with Crippen molar-refractivity contribution >= 4 is 43.2 Å². The number of imide groups is 1. The summed E-state index contributed by atoms with van der Waals surface area (Å²) in [6, 6.07) is 5.93. The molecule has 2 N–H and O–H groups in total. The Bertz CT molecular complexity index is 1590. The fourth-order valence-electron chi connectivity index (χ4n) is 8.34. The first kappa shape index (κ1) is 60.7. The van der Waals surface area contributed by atoms with Crippen molar-refractivity contribution in [3.8, 4) is 0 Å². The fourth-order valence-corrected chi connectivity index (χ4v) is 9.09. The summed E-state index contributed by atoms with van der Waals surface area (Å²) in [6.45, 7) is 3.06. The molecule has 2 unspecified atom stereocenters. The third kappa shape index (κ3) is 31.7. The number of amides is 3. The zero-order valence-corrected chi connectivity index (χ0v) is 43.2. The molecule has 0 aliphatic carbocycles. The number of esters is 2. The third-order valence-corrected chi connectivity index (χ3v) is 13.4. The van der Waals surface area contributed by atoms with Crippen LogP contribution in [0.25, 0.3) is 0 Å². The molecule has 13 nitrogen and oxygen atoms in total. The van der Waals surface area contributed by atoms with Gasteiger partial charge >= 0.3 is 19.8 Å². The minimum absolute atomic E-state index is 0.159. The number of anilines is 1. The molecular formula is C54H91N2O11P. The maximum atomic E-state index is 12.9. The van der Waals surface area contributed by atoms with E-state index in [0.29, 0.717) is 12.8 Å². The Kier molecular flexibility index (Phi) is 36.1. The van der Waals surface area contributed by atoms with Crippen molar-refractivity contribution in [2.24, 2.45) is 0 Å². The Balaban J connectivity index is 1.70. The van der Waals surface area contributed by atoms with Crippen molar-refractivity contribution in [2.75, 3.05) is 31.3 Å². The lowest BCUT2D eigenvalue weighted by molar-refractivity contribution is -0.161. The van der Waals surface area contributed by atoms with Gasteiger partial charge in [0, 0.05) is 37.1 Å². The van der Waals surface area contributed by atoms with Gasteiger partial charge < -0.3 is 19.7 Å². The zero-order valence-electron chi connectivity index (χ0n) is 42.3. The van der Waals surface area contributed by atoms with Crippen molar-refractivity contribution in [1.82, 2.24) is 5.32 Å². The highest BCUT2D eigenvalue weighted by Gasteiger charge is 2.27. The maximum Gasteiger partial charge on any atom is 0.472 e. The van der Waals surface area contributed by atoms with Crippen LogP contribution >= 0.6 is 7.82 Å². The van der Waals surface area contributed by atoms with E-state index in [9.17, 15) is 33.4 Å². The first-order valence-electron chi connectivity index (χ1n) is 27.0. The highest BCUT2D eigenvalue weighted by Crippen LogP contribution is 2.43. The molecule has 0 saturated carbocycles. The molecule has 1 aromatic rings. The number of phosphoric ester groups is 1. The van der Waals surface area contributed by atoms with Gasteiger partial charge in [0.2, 0.25) is 0 Å². The number of hydrogen-bond acceptors (Lipinski definition) is 10. The van der Waals surface area contributed by atoms with Crippen LogP contribution < -0.4 is 10.2 Å². The molecular weight excluding hydrogens is 884 g/mol. The van der Waals surface area contributed by atoms with Crippen LogP contribution in [0.4, 0.5) is 5.69 Å². The van der Waals surface area contributed by atoms with Crippen molar-refractivity contribution in [2.45, 2.75) is 238 Å². The summed E-state index contributed by atoms with van der Waals surface area (Å²) >= 11 is 0. The lowest BCUT2D eigenvalue weighted by atomic mass is 10.0. The molecule has 1 heterocycles. The van der Waals surface area contributed by atoms with Crippen LogP contribution in [-0.4, -0.2) is 67.0 Å². The Labute approximate surface area is 410 Å². The zero-order chi connectivity index (χ0) is 49.3. The molecule has 0 spiro atoms. The number of nitrogens with zero attached hydrogens (tertiary/aromatic N) is 1. The molecule has 388 valence electrons. The lowest BCUT2D eigenvalue weighted by Crippen LogP contribution is -2.31. The van der Waals surface area contributed by atoms with Crippen LogP contribution in [0.1, 0.15) is 243 Å². The van der Waals surface area contributed by atoms with E-state index < -0.39 is 56.8 Å². The van der Waals surface area contributed by atoms with Gasteiger partial charge in [-0.2, -0.15) is 0 Å². The molecule has 1 aliphatic rings. The molecule has 68 heavy (non-hydrogen) atoms. The molecule has 2 atom stereocenters. The van der Waals surface area contributed by atoms with Gasteiger partial charge in [-0.3, -0.25) is 33.0 Å². The number of phosphoric acid groups is 1. The van der Waals surface area contributed by atoms with Gasteiger partial charge in [0.15, 0.2) is 6.10 Å². The summed E-state index contributed by atoms with van der Waals surface area (Å²) in [5, 5.41) is 2.56. The molecule has 14 heteroatoms. The summed E-state index contributed by atoms with van der Waals surface area (Å²) in [4.78, 5) is 73.7. The molecule has 0 bridgehead atoms. The molecule has 2 rings (SSSR count). The van der Waals surface area contributed by atoms with Gasteiger partial charge in [0.25, 0.3) is 17.7 Å². The van der Waals surface area contributed by atoms with Crippen LogP contribution in [0.15, 0.2) is 36.4 Å². The number of hydrogen-bond donors (Lipinski definition) is 2. The summed E-state index contributed by atoms with van der Waals surface area (Å²) < 4.78 is 34.1. The summed E-state index contributed by atoms with van der Waals surface area (Å²) in [5.41, 5.74) is 0.389. The van der Waals surface area contributed by atoms with Crippen molar-refractivity contribution in [3.05, 3.63) is 42.0 Å². The van der Waals surface area contributed by atoms with Crippen molar-refractivity contribution in [3.63, 3.8) is 0 Å². The molecule has 3 amide bonds. The molecule has 0 radical (unpaired) electrons. The third-order valence-electron chi connectivity index (χ3n) is 12.4. The van der Waals surface area contributed by atoms with E-state index in [2.05, 4.69) is 19.2 Å². The number of benzene rings is 1. The number of ether oxygens (including phenoxy) is 2. The second-order valence-corrected chi connectivity index (χ2v) is 20.1. The Morgan fingerprint density at radius 1 is 0.574 bits per heavy atom. The number of rotatable bonds is 46. The Hall–Kier alpha value is -3.38. The van der Waals surface area contributed by atoms with E-state index in [1.807, 2.05) is 0 Å². The SMILES string of the molecule is CCCCCCCCCCCCCCCCCCC(=O)OCC(COP(=O)(O)OCCNC(=O)c1cccc(N2C(=O)C=CC2=O)c1)OC(=O)CCCCCCCCCCCCCCCCCC. The largest absolute Gasteiger partial charge is 0.472 e. The van der Waals surface area contributed by atoms with Gasteiger partial charge in [0.05, 0.1) is 18.9 Å². The lowest BCUT2D eigenvalue weighted by Gasteiger charge is -2.20. The summed E-state index contributed by atoms with van der Waals surface area (Å²) in [6.07, 6.45) is 40.8.